The van der Waals surface area contributed by atoms with E-state index in [1.165, 1.54) is 13.8 Å². The number of halogens is 1. The first kappa shape index (κ1) is 29.3. The second-order valence-electron chi connectivity index (χ2n) is 12.4. The van der Waals surface area contributed by atoms with Crippen LogP contribution < -0.4 is 14.5 Å². The number of hydrogen-bond acceptors (Lipinski definition) is 6. The van der Waals surface area contributed by atoms with Crippen LogP contribution >= 0.6 is 0 Å². The van der Waals surface area contributed by atoms with Crippen molar-refractivity contribution in [2.24, 2.45) is 11.8 Å². The van der Waals surface area contributed by atoms with Crippen molar-refractivity contribution in [3.63, 3.8) is 0 Å². The number of carbonyl (C=O) groups is 3. The third-order valence-corrected chi connectivity index (χ3v) is 9.50. The summed E-state index contributed by atoms with van der Waals surface area (Å²) in [7, 11) is 0. The molecule has 43 heavy (non-hydrogen) atoms. The molecule has 9 nitrogen and oxygen atoms in total. The summed E-state index contributed by atoms with van der Waals surface area (Å²) in [5.74, 6) is -1.72. The van der Waals surface area contributed by atoms with Crippen LogP contribution in [0.4, 0.5) is 21.5 Å². The van der Waals surface area contributed by atoms with E-state index >= 15 is 4.39 Å². The van der Waals surface area contributed by atoms with Crippen molar-refractivity contribution < 1.29 is 33.4 Å². The zero-order valence-corrected chi connectivity index (χ0v) is 24.8. The summed E-state index contributed by atoms with van der Waals surface area (Å²) in [4.78, 5) is 45.9. The van der Waals surface area contributed by atoms with E-state index in [0.29, 0.717) is 41.3 Å². The number of amides is 3. The Balaban J connectivity index is 1.45. The Morgan fingerprint density at radius 3 is 2.70 bits per heavy atom. The Kier molecular flexibility index (Phi) is 7.33. The lowest BCUT2D eigenvalue weighted by molar-refractivity contribution is -0.150. The van der Waals surface area contributed by atoms with Crippen molar-refractivity contribution in [1.29, 1.82) is 0 Å². The number of para-hydroxylation sites is 2. The number of carbonyl (C=O) groups excluding carboxylic acids is 3. The highest BCUT2D eigenvalue weighted by Gasteiger charge is 2.66. The number of rotatable bonds is 7. The van der Waals surface area contributed by atoms with E-state index in [1.54, 1.807) is 51.1 Å². The van der Waals surface area contributed by atoms with Gasteiger partial charge in [-0.3, -0.25) is 19.3 Å². The highest BCUT2D eigenvalue weighted by atomic mass is 19.1. The quantitative estimate of drug-likeness (QED) is 0.484. The van der Waals surface area contributed by atoms with Gasteiger partial charge in [-0.25, -0.2) is 4.39 Å². The van der Waals surface area contributed by atoms with Gasteiger partial charge in [0.2, 0.25) is 5.91 Å². The summed E-state index contributed by atoms with van der Waals surface area (Å²) >= 11 is 0. The lowest BCUT2D eigenvalue weighted by Gasteiger charge is -2.33. The van der Waals surface area contributed by atoms with Crippen molar-refractivity contribution in [2.45, 2.75) is 63.4 Å². The largest absolute Gasteiger partial charge is 0.482 e. The molecule has 4 aliphatic heterocycles. The molecule has 1 N–H and O–H groups in total. The maximum Gasteiger partial charge on any atom is 0.269 e. The van der Waals surface area contributed by atoms with Gasteiger partial charge in [0.05, 0.1) is 36.5 Å². The van der Waals surface area contributed by atoms with Gasteiger partial charge in [-0.1, -0.05) is 25.1 Å². The second-order valence-corrected chi connectivity index (χ2v) is 12.4. The molecule has 3 amide bonds. The van der Waals surface area contributed by atoms with E-state index in [0.717, 1.165) is 6.42 Å². The molecular formula is C33H38FN3O6. The van der Waals surface area contributed by atoms with Crippen molar-refractivity contribution in [2.75, 3.05) is 36.1 Å². The Morgan fingerprint density at radius 2 is 1.98 bits per heavy atom. The lowest BCUT2D eigenvalue weighted by Crippen LogP contribution is -2.45. The van der Waals surface area contributed by atoms with Crippen molar-refractivity contribution >= 4 is 34.8 Å². The highest BCUT2D eigenvalue weighted by Crippen LogP contribution is 2.59. The van der Waals surface area contributed by atoms with Gasteiger partial charge in [0, 0.05) is 36.2 Å². The van der Waals surface area contributed by atoms with Gasteiger partial charge in [0.25, 0.3) is 11.8 Å². The molecule has 6 rings (SSSR count). The number of aliphatic hydroxyl groups is 1. The monoisotopic (exact) mass is 591 g/mol. The third kappa shape index (κ3) is 4.53. The first-order valence-electron chi connectivity index (χ1n) is 14.9. The van der Waals surface area contributed by atoms with E-state index in [1.807, 2.05) is 19.1 Å². The SMILES string of the molecule is C=CCN1C(=O)[C@]2(O[C@H](CC(=O)N3CCC[C@H]3CO)[C@@H](C(C)(C)F)[C@@H]2C)c2cc(N3C(=O)COc4ccccc43)ccc21. The average Bonchev–Trinajstić information content (AvgIpc) is 3.63. The van der Waals surface area contributed by atoms with Crippen LogP contribution in [0.1, 0.15) is 45.6 Å². The molecule has 0 aromatic heterocycles. The molecule has 1 spiro atoms. The molecule has 4 heterocycles. The van der Waals surface area contributed by atoms with Crippen LogP contribution in [-0.4, -0.2) is 71.8 Å². The number of benzene rings is 2. The Labute approximate surface area is 250 Å². The zero-order valence-electron chi connectivity index (χ0n) is 24.8. The molecular weight excluding hydrogens is 553 g/mol. The number of anilines is 3. The van der Waals surface area contributed by atoms with Crippen molar-refractivity contribution in [1.82, 2.24) is 4.90 Å². The second kappa shape index (κ2) is 10.7. The van der Waals surface area contributed by atoms with Crippen LogP contribution in [0, 0.1) is 11.8 Å². The number of likely N-dealkylation sites (tertiary alicyclic amines) is 1. The van der Waals surface area contributed by atoms with Crippen LogP contribution in [0.5, 0.6) is 5.75 Å². The molecule has 4 aliphatic rings. The van der Waals surface area contributed by atoms with E-state index in [4.69, 9.17) is 9.47 Å². The fraction of sp³-hybridized carbons (Fsp3) is 0.485. The minimum absolute atomic E-state index is 0.111. The standard InChI is InChI=1S/C33H38FN3O6/c1-5-14-36-24-13-12-21(37-25-10-6-7-11-26(25)42-19-29(37)40)16-23(24)33(31(36)41)20(2)30(32(3,4)34)27(43-33)17-28(39)35-15-8-9-22(35)18-38/h5-7,10-13,16,20,22,27,30,38H,1,8-9,14-15,17-19H2,2-4H3/t20-,22-,27+,30-,33+/m0/s1. The first-order valence-corrected chi connectivity index (χ1v) is 14.9. The number of fused-ring (bicyclic) bond motifs is 3. The zero-order chi connectivity index (χ0) is 30.7. The Bertz CT molecular complexity index is 1470. The van der Waals surface area contributed by atoms with Crippen LogP contribution in [0.25, 0.3) is 0 Å². The summed E-state index contributed by atoms with van der Waals surface area (Å²) in [6.07, 6.45) is 2.11. The molecule has 0 aliphatic carbocycles. The van der Waals surface area contributed by atoms with E-state index in [9.17, 15) is 19.5 Å². The van der Waals surface area contributed by atoms with E-state index < -0.39 is 29.2 Å². The van der Waals surface area contributed by atoms with E-state index in [-0.39, 0.29) is 49.9 Å². The van der Waals surface area contributed by atoms with Crippen LogP contribution in [-0.2, 0) is 24.7 Å². The summed E-state index contributed by atoms with van der Waals surface area (Å²) in [6.45, 7) is 9.02. The first-order chi connectivity index (χ1) is 20.5. The van der Waals surface area contributed by atoms with Gasteiger partial charge in [-0.05, 0) is 57.0 Å². The van der Waals surface area contributed by atoms with Gasteiger partial charge in [-0.15, -0.1) is 6.58 Å². The Morgan fingerprint density at radius 1 is 1.21 bits per heavy atom. The molecule has 10 heteroatoms. The van der Waals surface area contributed by atoms with Gasteiger partial charge in [0.15, 0.2) is 12.2 Å². The van der Waals surface area contributed by atoms with Crippen molar-refractivity contribution in [3.8, 4) is 5.75 Å². The number of hydrogen-bond donors (Lipinski definition) is 1. The number of nitrogens with zero attached hydrogens (tertiary/aromatic N) is 3. The number of alkyl halides is 1. The summed E-state index contributed by atoms with van der Waals surface area (Å²) < 4.78 is 28.4. The van der Waals surface area contributed by atoms with Crippen LogP contribution in [0.15, 0.2) is 55.1 Å². The predicted molar refractivity (Wildman–Crippen MR) is 159 cm³/mol. The van der Waals surface area contributed by atoms with Gasteiger partial charge >= 0.3 is 0 Å². The maximum absolute atomic E-state index is 16.1. The summed E-state index contributed by atoms with van der Waals surface area (Å²) in [5.41, 5.74) is -1.13. The molecule has 2 aromatic rings. The molecule has 2 saturated heterocycles. The Hall–Kier alpha value is -3.76. The number of aliphatic hydroxyl groups excluding tert-OH is 1. The number of ether oxygens (including phenoxy) is 2. The fourth-order valence-corrected chi connectivity index (χ4v) is 7.71. The summed E-state index contributed by atoms with van der Waals surface area (Å²) in [6, 6.07) is 12.3. The minimum atomic E-state index is -1.78. The molecule has 5 atom stereocenters. The fourth-order valence-electron chi connectivity index (χ4n) is 7.71. The predicted octanol–water partition coefficient (Wildman–Crippen LogP) is 4.24. The summed E-state index contributed by atoms with van der Waals surface area (Å²) in [5, 5.41) is 9.79. The van der Waals surface area contributed by atoms with E-state index in [2.05, 4.69) is 6.58 Å². The van der Waals surface area contributed by atoms with Crippen molar-refractivity contribution in [3.05, 3.63) is 60.7 Å². The maximum atomic E-state index is 16.1. The van der Waals surface area contributed by atoms with Crippen LogP contribution in [0.3, 0.4) is 0 Å². The highest BCUT2D eigenvalue weighted by molar-refractivity contribution is 6.10. The van der Waals surface area contributed by atoms with Crippen LogP contribution in [0.2, 0.25) is 0 Å². The molecule has 0 unspecified atom stereocenters. The van der Waals surface area contributed by atoms with Gasteiger partial charge in [-0.2, -0.15) is 0 Å². The molecule has 228 valence electrons. The molecule has 0 bridgehead atoms. The third-order valence-electron chi connectivity index (χ3n) is 9.50. The molecule has 2 aromatic carbocycles. The smallest absolute Gasteiger partial charge is 0.269 e. The molecule has 0 saturated carbocycles. The normalized spacial score (nSPS) is 28.3. The topological polar surface area (TPSA) is 99.6 Å². The molecule has 0 radical (unpaired) electrons. The molecule has 2 fully saturated rings. The van der Waals surface area contributed by atoms with Gasteiger partial charge < -0.3 is 24.4 Å². The van der Waals surface area contributed by atoms with Gasteiger partial charge in [0.1, 0.15) is 11.4 Å². The average molecular weight is 592 g/mol. The minimum Gasteiger partial charge on any atom is -0.482 e. The lowest BCUT2D eigenvalue weighted by atomic mass is 9.71.